The molecule has 0 unspecified atom stereocenters. The van der Waals surface area contributed by atoms with Gasteiger partial charge in [-0.3, -0.25) is 9.89 Å². The van der Waals surface area contributed by atoms with Gasteiger partial charge in [0.25, 0.3) is 5.91 Å². The number of nitrogens with one attached hydrogen (secondary N) is 2. The molecule has 3 aromatic rings. The van der Waals surface area contributed by atoms with Crippen molar-refractivity contribution in [3.05, 3.63) is 47.7 Å². The minimum absolute atomic E-state index is 0.258. The molecule has 0 atom stereocenters. The first-order valence-corrected chi connectivity index (χ1v) is 7.68. The highest BCUT2D eigenvalue weighted by atomic mass is 16.5. The van der Waals surface area contributed by atoms with Gasteiger partial charge < -0.3 is 19.5 Å². The number of H-pyrrole nitrogens is 1. The van der Waals surface area contributed by atoms with Gasteiger partial charge in [-0.05, 0) is 23.8 Å². The third-order valence-electron chi connectivity index (χ3n) is 3.86. The smallest absolute Gasteiger partial charge is 0.272 e. The van der Waals surface area contributed by atoms with E-state index in [9.17, 15) is 4.79 Å². The Morgan fingerprint density at radius 2 is 1.76 bits per heavy atom. The van der Waals surface area contributed by atoms with Crippen molar-refractivity contribution in [3.8, 4) is 17.2 Å². The van der Waals surface area contributed by atoms with E-state index in [-0.39, 0.29) is 5.91 Å². The molecular weight excluding hydrogens is 322 g/mol. The minimum atomic E-state index is -0.258. The Labute approximate surface area is 144 Å². The summed E-state index contributed by atoms with van der Waals surface area (Å²) in [5, 5.41) is 10.6. The van der Waals surface area contributed by atoms with Crippen molar-refractivity contribution in [1.29, 1.82) is 0 Å². The molecule has 0 aliphatic rings. The van der Waals surface area contributed by atoms with E-state index in [1.165, 1.54) is 0 Å². The summed E-state index contributed by atoms with van der Waals surface area (Å²) in [5.74, 6) is 1.33. The maximum Gasteiger partial charge on any atom is 0.272 e. The van der Waals surface area contributed by atoms with Crippen LogP contribution >= 0.6 is 0 Å². The minimum Gasteiger partial charge on any atom is -0.493 e. The first-order valence-electron chi connectivity index (χ1n) is 7.68. The van der Waals surface area contributed by atoms with Crippen LogP contribution < -0.4 is 19.5 Å². The first kappa shape index (κ1) is 16.6. The molecule has 2 aromatic carbocycles. The van der Waals surface area contributed by atoms with E-state index in [0.717, 1.165) is 16.5 Å². The lowest BCUT2D eigenvalue weighted by atomic mass is 10.1. The number of para-hydroxylation sites is 1. The van der Waals surface area contributed by atoms with Crippen molar-refractivity contribution >= 4 is 16.8 Å². The van der Waals surface area contributed by atoms with E-state index in [2.05, 4.69) is 15.5 Å². The molecule has 0 saturated heterocycles. The van der Waals surface area contributed by atoms with Crippen LogP contribution in [0.15, 0.2) is 36.4 Å². The van der Waals surface area contributed by atoms with Crippen LogP contribution in [0.5, 0.6) is 17.2 Å². The highest BCUT2D eigenvalue weighted by molar-refractivity contribution is 6.04. The summed E-state index contributed by atoms with van der Waals surface area (Å²) in [6.45, 7) is 0.302. The van der Waals surface area contributed by atoms with E-state index in [1.807, 2.05) is 24.3 Å². The van der Waals surface area contributed by atoms with Gasteiger partial charge in [0.05, 0.1) is 26.8 Å². The number of nitrogens with zero attached hydrogens (tertiary/aromatic N) is 1. The summed E-state index contributed by atoms with van der Waals surface area (Å²) < 4.78 is 15.9. The lowest BCUT2D eigenvalue weighted by Gasteiger charge is -2.14. The largest absolute Gasteiger partial charge is 0.493 e. The highest BCUT2D eigenvalue weighted by Gasteiger charge is 2.16. The number of hydrogen-bond donors (Lipinski definition) is 2. The Hall–Kier alpha value is -3.22. The van der Waals surface area contributed by atoms with Crippen molar-refractivity contribution in [2.24, 2.45) is 0 Å². The molecule has 0 spiro atoms. The van der Waals surface area contributed by atoms with Crippen molar-refractivity contribution in [3.63, 3.8) is 0 Å². The van der Waals surface area contributed by atoms with Gasteiger partial charge in [0.2, 0.25) is 5.75 Å². The van der Waals surface area contributed by atoms with Crippen molar-refractivity contribution in [1.82, 2.24) is 15.5 Å². The molecule has 0 bridgehead atoms. The maximum atomic E-state index is 12.4. The number of aromatic nitrogens is 2. The number of carbonyl (C=O) groups is 1. The Balaban J connectivity index is 1.80. The highest BCUT2D eigenvalue weighted by Crippen LogP contribution is 2.38. The molecule has 25 heavy (non-hydrogen) atoms. The molecule has 1 amide bonds. The lowest BCUT2D eigenvalue weighted by molar-refractivity contribution is 0.0947. The normalized spacial score (nSPS) is 10.5. The predicted molar refractivity (Wildman–Crippen MR) is 93.4 cm³/mol. The zero-order valence-corrected chi connectivity index (χ0v) is 14.3. The van der Waals surface area contributed by atoms with Crippen LogP contribution in [0.4, 0.5) is 0 Å². The van der Waals surface area contributed by atoms with E-state index in [4.69, 9.17) is 14.2 Å². The average Bonchev–Trinajstić information content (AvgIpc) is 3.09. The third-order valence-corrected chi connectivity index (χ3v) is 3.86. The van der Waals surface area contributed by atoms with Gasteiger partial charge in [0.1, 0.15) is 0 Å². The van der Waals surface area contributed by atoms with Crippen molar-refractivity contribution in [2.75, 3.05) is 21.3 Å². The Morgan fingerprint density at radius 3 is 2.40 bits per heavy atom. The summed E-state index contributed by atoms with van der Waals surface area (Å²) in [4.78, 5) is 12.4. The maximum absolute atomic E-state index is 12.4. The second kappa shape index (κ2) is 7.12. The number of aromatic amines is 1. The molecule has 130 valence electrons. The summed E-state index contributed by atoms with van der Waals surface area (Å²) in [6.07, 6.45) is 0. The fraction of sp³-hybridized carbons (Fsp3) is 0.222. The number of carbonyl (C=O) groups excluding carboxylic acids is 1. The molecule has 0 fully saturated rings. The summed E-state index contributed by atoms with van der Waals surface area (Å²) in [6, 6.07) is 11.1. The van der Waals surface area contributed by atoms with Gasteiger partial charge in [-0.2, -0.15) is 5.10 Å². The van der Waals surface area contributed by atoms with Crippen LogP contribution in [0.25, 0.3) is 10.9 Å². The fourth-order valence-corrected chi connectivity index (χ4v) is 2.64. The van der Waals surface area contributed by atoms with Gasteiger partial charge in [0, 0.05) is 11.9 Å². The number of fused-ring (bicyclic) bond motifs is 1. The van der Waals surface area contributed by atoms with Crippen molar-refractivity contribution in [2.45, 2.75) is 6.54 Å². The number of methoxy groups -OCH3 is 3. The number of rotatable bonds is 6. The predicted octanol–water partition coefficient (Wildman–Crippen LogP) is 2.52. The zero-order valence-electron chi connectivity index (χ0n) is 14.3. The molecule has 2 N–H and O–H groups in total. The number of ether oxygens (including phenoxy) is 3. The van der Waals surface area contributed by atoms with Gasteiger partial charge in [-0.25, -0.2) is 0 Å². The zero-order chi connectivity index (χ0) is 17.8. The molecule has 0 radical (unpaired) electrons. The molecule has 1 aromatic heterocycles. The first-order chi connectivity index (χ1) is 12.2. The Bertz CT molecular complexity index is 879. The number of hydrogen-bond acceptors (Lipinski definition) is 5. The second-order valence-corrected chi connectivity index (χ2v) is 5.33. The molecule has 0 aliphatic heterocycles. The molecule has 0 saturated carbocycles. The Morgan fingerprint density at radius 1 is 1.08 bits per heavy atom. The standard InChI is InChI=1S/C18H19N3O4/c1-23-14-8-11(9-15(24-2)17(14)25-3)10-19-18(22)16-12-6-4-5-7-13(12)20-21-16/h4-9H,10H2,1-3H3,(H,19,22)(H,20,21). The molecule has 1 heterocycles. The SMILES string of the molecule is COc1cc(CNC(=O)c2n[nH]c3ccccc23)cc(OC)c1OC. The van der Waals surface area contributed by atoms with Crippen LogP contribution in [0, 0.1) is 0 Å². The van der Waals surface area contributed by atoms with E-state index in [1.54, 1.807) is 33.5 Å². The molecule has 3 rings (SSSR count). The van der Waals surface area contributed by atoms with Gasteiger partial charge in [0.15, 0.2) is 17.2 Å². The van der Waals surface area contributed by atoms with Crippen LogP contribution in [-0.4, -0.2) is 37.4 Å². The third kappa shape index (κ3) is 3.21. The van der Waals surface area contributed by atoms with E-state index >= 15 is 0 Å². The Kier molecular flexibility index (Phi) is 4.74. The van der Waals surface area contributed by atoms with Crippen LogP contribution in [-0.2, 0) is 6.54 Å². The monoisotopic (exact) mass is 341 g/mol. The summed E-state index contributed by atoms with van der Waals surface area (Å²) in [7, 11) is 4.65. The average molecular weight is 341 g/mol. The van der Waals surface area contributed by atoms with E-state index in [0.29, 0.717) is 29.5 Å². The van der Waals surface area contributed by atoms with Gasteiger partial charge in [-0.15, -0.1) is 0 Å². The summed E-state index contributed by atoms with van der Waals surface area (Å²) >= 11 is 0. The topological polar surface area (TPSA) is 85.5 Å². The quantitative estimate of drug-likeness (QED) is 0.719. The fourth-order valence-electron chi connectivity index (χ4n) is 2.64. The number of amides is 1. The van der Waals surface area contributed by atoms with Gasteiger partial charge >= 0.3 is 0 Å². The lowest BCUT2D eigenvalue weighted by Crippen LogP contribution is -2.23. The molecule has 0 aliphatic carbocycles. The van der Waals surface area contributed by atoms with E-state index < -0.39 is 0 Å². The van der Waals surface area contributed by atoms with Crippen LogP contribution in [0.2, 0.25) is 0 Å². The molecule has 7 heteroatoms. The molecule has 7 nitrogen and oxygen atoms in total. The van der Waals surface area contributed by atoms with Crippen LogP contribution in [0.1, 0.15) is 16.1 Å². The van der Waals surface area contributed by atoms with Crippen LogP contribution in [0.3, 0.4) is 0 Å². The second-order valence-electron chi connectivity index (χ2n) is 5.33. The van der Waals surface area contributed by atoms with Gasteiger partial charge in [-0.1, -0.05) is 18.2 Å². The number of benzene rings is 2. The van der Waals surface area contributed by atoms with Crippen molar-refractivity contribution < 1.29 is 19.0 Å². The molecular formula is C18H19N3O4. The summed E-state index contributed by atoms with van der Waals surface area (Å²) in [5.41, 5.74) is 2.01.